The van der Waals surface area contributed by atoms with Crippen molar-refractivity contribution in [2.75, 3.05) is 6.61 Å². The van der Waals surface area contributed by atoms with Crippen LogP contribution in [0.1, 0.15) is 20.8 Å². The summed E-state index contributed by atoms with van der Waals surface area (Å²) in [7, 11) is 0. The smallest absolute Gasteiger partial charge is 0.344 e. The van der Waals surface area contributed by atoms with Crippen LogP contribution in [0.15, 0.2) is 18.2 Å². The summed E-state index contributed by atoms with van der Waals surface area (Å²) < 4.78 is 23.2. The van der Waals surface area contributed by atoms with E-state index in [1.165, 1.54) is 12.1 Å². The first kappa shape index (κ1) is 13.8. The summed E-state index contributed by atoms with van der Waals surface area (Å²) >= 11 is 5.51. The minimum absolute atomic E-state index is 0.00891. The van der Waals surface area contributed by atoms with Crippen LogP contribution in [-0.2, 0) is 9.53 Å². The Balaban J connectivity index is 2.50. The topological polar surface area (TPSA) is 35.5 Å². The largest absolute Gasteiger partial charge is 0.482 e. The van der Waals surface area contributed by atoms with Crippen LogP contribution < -0.4 is 4.74 Å². The van der Waals surface area contributed by atoms with E-state index in [4.69, 9.17) is 21.1 Å². The molecule has 0 amide bonds. The molecule has 1 rings (SSSR count). The van der Waals surface area contributed by atoms with E-state index in [0.29, 0.717) is 0 Å². The van der Waals surface area contributed by atoms with Gasteiger partial charge in [-0.2, -0.15) is 0 Å². The third-order valence-corrected chi connectivity index (χ3v) is 1.97. The number of carbonyl (C=O) groups excluding carboxylic acids is 1. The summed E-state index contributed by atoms with van der Waals surface area (Å²) in [5, 5.41) is 0.00891. The highest BCUT2D eigenvalue weighted by molar-refractivity contribution is 6.30. The van der Waals surface area contributed by atoms with Gasteiger partial charge in [0.1, 0.15) is 17.2 Å². The van der Waals surface area contributed by atoms with Gasteiger partial charge in [0.15, 0.2) is 6.61 Å². The van der Waals surface area contributed by atoms with E-state index < -0.39 is 17.4 Å². The van der Waals surface area contributed by atoms with Crippen molar-refractivity contribution >= 4 is 17.6 Å². The van der Waals surface area contributed by atoms with Crippen LogP contribution in [0.3, 0.4) is 0 Å². The Labute approximate surface area is 104 Å². The number of ether oxygens (including phenoxy) is 2. The molecular formula is C12H14ClFO3. The Morgan fingerprint density at radius 2 is 2.06 bits per heavy atom. The molecule has 0 fully saturated rings. The molecule has 0 radical (unpaired) electrons. The van der Waals surface area contributed by atoms with Crippen molar-refractivity contribution in [2.45, 2.75) is 26.4 Å². The zero-order valence-electron chi connectivity index (χ0n) is 9.92. The van der Waals surface area contributed by atoms with Gasteiger partial charge < -0.3 is 9.47 Å². The van der Waals surface area contributed by atoms with Crippen LogP contribution in [0.2, 0.25) is 5.02 Å². The Kier molecular flexibility index (Phi) is 4.34. The maximum absolute atomic E-state index is 13.0. The minimum atomic E-state index is -0.589. The lowest BCUT2D eigenvalue weighted by molar-refractivity contribution is -0.157. The Hall–Kier alpha value is -1.29. The normalized spacial score (nSPS) is 11.1. The molecule has 0 saturated heterocycles. The fraction of sp³-hybridized carbons (Fsp3) is 0.417. The molecule has 0 unspecified atom stereocenters. The lowest BCUT2D eigenvalue weighted by atomic mass is 10.2. The quantitative estimate of drug-likeness (QED) is 0.783. The van der Waals surface area contributed by atoms with Crippen molar-refractivity contribution in [3.05, 3.63) is 29.0 Å². The Morgan fingerprint density at radius 1 is 1.41 bits per heavy atom. The molecule has 0 bridgehead atoms. The molecule has 5 heteroatoms. The number of halogens is 2. The molecule has 17 heavy (non-hydrogen) atoms. The Bertz CT molecular complexity index is 413. The molecule has 0 atom stereocenters. The van der Waals surface area contributed by atoms with E-state index in [1.807, 2.05) is 0 Å². The first-order valence-electron chi connectivity index (χ1n) is 5.07. The lowest BCUT2D eigenvalue weighted by Gasteiger charge is -2.19. The predicted octanol–water partition coefficient (Wildman–Crippen LogP) is 3.20. The number of rotatable bonds is 3. The molecule has 0 N–H and O–H groups in total. The second-order valence-corrected chi connectivity index (χ2v) is 4.86. The maximum Gasteiger partial charge on any atom is 0.344 e. The number of hydrogen-bond acceptors (Lipinski definition) is 3. The first-order chi connectivity index (χ1) is 7.78. The van der Waals surface area contributed by atoms with Gasteiger partial charge in [0.25, 0.3) is 0 Å². The fourth-order valence-corrected chi connectivity index (χ4v) is 1.20. The van der Waals surface area contributed by atoms with Gasteiger partial charge in [-0.1, -0.05) is 11.6 Å². The molecule has 0 heterocycles. The molecule has 3 nitrogen and oxygen atoms in total. The van der Waals surface area contributed by atoms with Crippen LogP contribution in [0.25, 0.3) is 0 Å². The predicted molar refractivity (Wildman–Crippen MR) is 62.8 cm³/mol. The van der Waals surface area contributed by atoms with Crippen LogP contribution in [0.4, 0.5) is 4.39 Å². The number of hydrogen-bond donors (Lipinski definition) is 0. The third-order valence-electron chi connectivity index (χ3n) is 1.67. The van der Waals surface area contributed by atoms with Gasteiger partial charge >= 0.3 is 5.97 Å². The SMILES string of the molecule is CC(C)(C)OC(=O)COc1ccc(Cl)c(F)c1. The van der Waals surface area contributed by atoms with Crippen LogP contribution >= 0.6 is 11.6 Å². The van der Waals surface area contributed by atoms with Gasteiger partial charge in [0, 0.05) is 6.07 Å². The highest BCUT2D eigenvalue weighted by Gasteiger charge is 2.16. The van der Waals surface area contributed by atoms with Gasteiger partial charge in [-0.15, -0.1) is 0 Å². The lowest BCUT2D eigenvalue weighted by Crippen LogP contribution is -2.27. The summed E-state index contributed by atoms with van der Waals surface area (Å²) in [4.78, 5) is 11.3. The van der Waals surface area contributed by atoms with Crippen molar-refractivity contribution in [2.24, 2.45) is 0 Å². The van der Waals surface area contributed by atoms with Gasteiger partial charge in [-0.3, -0.25) is 0 Å². The Morgan fingerprint density at radius 3 is 2.59 bits per heavy atom. The molecular weight excluding hydrogens is 247 g/mol. The van der Waals surface area contributed by atoms with Crippen molar-refractivity contribution < 1.29 is 18.7 Å². The average molecular weight is 261 g/mol. The van der Waals surface area contributed by atoms with Crippen molar-refractivity contribution in [3.63, 3.8) is 0 Å². The van der Waals surface area contributed by atoms with Crippen LogP contribution in [-0.4, -0.2) is 18.2 Å². The van der Waals surface area contributed by atoms with Crippen molar-refractivity contribution in [1.82, 2.24) is 0 Å². The molecule has 94 valence electrons. The molecule has 1 aromatic rings. The van der Waals surface area contributed by atoms with E-state index in [1.54, 1.807) is 20.8 Å². The third kappa shape index (κ3) is 5.04. The molecule has 0 spiro atoms. The molecule has 1 aromatic carbocycles. The summed E-state index contributed by atoms with van der Waals surface area (Å²) in [5.41, 5.74) is -0.564. The summed E-state index contributed by atoms with van der Waals surface area (Å²) in [6.45, 7) is 5.00. The van der Waals surface area contributed by atoms with Crippen molar-refractivity contribution in [3.8, 4) is 5.75 Å². The number of esters is 1. The van der Waals surface area contributed by atoms with E-state index >= 15 is 0 Å². The molecule has 0 aliphatic rings. The van der Waals surface area contributed by atoms with Crippen LogP contribution in [0.5, 0.6) is 5.75 Å². The second kappa shape index (κ2) is 5.36. The molecule has 0 aliphatic heterocycles. The highest BCUT2D eigenvalue weighted by Crippen LogP contribution is 2.20. The summed E-state index contributed by atoms with van der Waals surface area (Å²) in [6.07, 6.45) is 0. The van der Waals surface area contributed by atoms with Crippen molar-refractivity contribution in [1.29, 1.82) is 0 Å². The molecule has 0 saturated carbocycles. The van der Waals surface area contributed by atoms with E-state index in [-0.39, 0.29) is 17.4 Å². The standard InChI is InChI=1S/C12H14ClFO3/c1-12(2,3)17-11(15)7-16-8-4-5-9(13)10(14)6-8/h4-6H,7H2,1-3H3. The fourth-order valence-electron chi connectivity index (χ4n) is 1.08. The second-order valence-electron chi connectivity index (χ2n) is 4.45. The van der Waals surface area contributed by atoms with E-state index in [9.17, 15) is 9.18 Å². The van der Waals surface area contributed by atoms with E-state index in [2.05, 4.69) is 0 Å². The average Bonchev–Trinajstić information content (AvgIpc) is 2.17. The maximum atomic E-state index is 13.0. The van der Waals surface area contributed by atoms with Gasteiger partial charge in [0.2, 0.25) is 0 Å². The zero-order valence-corrected chi connectivity index (χ0v) is 10.7. The minimum Gasteiger partial charge on any atom is -0.482 e. The molecule has 0 aliphatic carbocycles. The monoisotopic (exact) mass is 260 g/mol. The highest BCUT2D eigenvalue weighted by atomic mass is 35.5. The number of benzene rings is 1. The molecule has 0 aromatic heterocycles. The van der Waals surface area contributed by atoms with Crippen LogP contribution in [0, 0.1) is 5.82 Å². The van der Waals surface area contributed by atoms with E-state index in [0.717, 1.165) is 6.07 Å². The first-order valence-corrected chi connectivity index (χ1v) is 5.45. The summed E-state index contributed by atoms with van der Waals surface area (Å²) in [6, 6.07) is 3.96. The van der Waals surface area contributed by atoms with Gasteiger partial charge in [-0.05, 0) is 32.9 Å². The van der Waals surface area contributed by atoms with Gasteiger partial charge in [-0.25, -0.2) is 9.18 Å². The summed E-state index contributed by atoms with van der Waals surface area (Å²) in [5.74, 6) is -0.862. The zero-order chi connectivity index (χ0) is 13.1. The number of carbonyl (C=O) groups is 1. The van der Waals surface area contributed by atoms with Gasteiger partial charge in [0.05, 0.1) is 5.02 Å².